The number of oxazole rings is 1. The molecule has 1 saturated carbocycles. The third kappa shape index (κ3) is 7.64. The van der Waals surface area contributed by atoms with E-state index in [1.165, 1.54) is 56.9 Å². The number of aliphatic hydroxyl groups is 2. The Hall–Kier alpha value is -2.82. The van der Waals surface area contributed by atoms with Crippen molar-refractivity contribution in [3.63, 3.8) is 0 Å². The number of carbonyl (C=O) groups is 2. The van der Waals surface area contributed by atoms with Gasteiger partial charge in [0.1, 0.15) is 12.1 Å². The first-order chi connectivity index (χ1) is 20.9. The van der Waals surface area contributed by atoms with E-state index in [4.69, 9.17) is 14.9 Å². The van der Waals surface area contributed by atoms with Crippen molar-refractivity contribution < 1.29 is 33.3 Å². The number of benzene rings is 1. The van der Waals surface area contributed by atoms with Crippen LogP contribution in [0.4, 0.5) is 4.39 Å². The lowest BCUT2D eigenvalue weighted by atomic mass is 9.73. The molecule has 5 rings (SSSR count). The molecule has 2 aliphatic heterocycles. The Kier molecular flexibility index (Phi) is 10.9. The molecule has 2 saturated heterocycles. The molecular formula is C33H46FN3O6. The highest BCUT2D eigenvalue weighted by atomic mass is 19.1. The molecule has 2 aromatic rings. The van der Waals surface area contributed by atoms with E-state index in [0.717, 1.165) is 31.6 Å². The Morgan fingerprint density at radius 2 is 1.84 bits per heavy atom. The number of aromatic nitrogens is 1. The molecule has 5 N–H and O–H groups in total. The summed E-state index contributed by atoms with van der Waals surface area (Å²) < 4.78 is 26.7. The topological polar surface area (TPSA) is 148 Å². The van der Waals surface area contributed by atoms with Crippen molar-refractivity contribution in [2.24, 2.45) is 23.5 Å². The molecule has 1 unspecified atom stereocenters. The lowest BCUT2D eigenvalue weighted by Gasteiger charge is -2.29. The van der Waals surface area contributed by atoms with E-state index in [2.05, 4.69) is 10.3 Å². The number of primary amides is 1. The molecule has 5 atom stereocenters. The lowest BCUT2D eigenvalue weighted by Crippen LogP contribution is -2.30. The van der Waals surface area contributed by atoms with Gasteiger partial charge in [-0.15, -0.1) is 0 Å². The fourth-order valence-electron chi connectivity index (χ4n) is 7.67. The number of nitrogens with one attached hydrogen (secondary N) is 1. The number of carbonyl (C=O) groups excluding carboxylic acids is 2. The van der Waals surface area contributed by atoms with Gasteiger partial charge in [0, 0.05) is 43.9 Å². The first kappa shape index (κ1) is 31.6. The molecule has 3 fully saturated rings. The normalized spacial score (nSPS) is 24.5. The highest BCUT2D eigenvalue weighted by molar-refractivity contribution is 5.91. The van der Waals surface area contributed by atoms with Crippen LogP contribution in [0.15, 0.2) is 28.9 Å². The summed E-state index contributed by atoms with van der Waals surface area (Å²) in [5.74, 6) is -1.47. The van der Waals surface area contributed by atoms with Crippen molar-refractivity contribution in [3.8, 4) is 0 Å². The number of ether oxygens (including phenoxy) is 1. The Balaban J connectivity index is 1.26. The number of rotatable bonds is 15. The van der Waals surface area contributed by atoms with E-state index in [0.29, 0.717) is 30.0 Å². The van der Waals surface area contributed by atoms with E-state index in [1.54, 1.807) is 6.07 Å². The van der Waals surface area contributed by atoms with Crippen LogP contribution in [0.1, 0.15) is 110 Å². The Bertz CT molecular complexity index is 1230. The molecule has 3 heterocycles. The highest BCUT2D eigenvalue weighted by Gasteiger charge is 2.51. The third-order valence-corrected chi connectivity index (χ3v) is 9.93. The molecule has 1 aromatic carbocycles. The largest absolute Gasteiger partial charge is 0.448 e. The molecule has 10 heteroatoms. The summed E-state index contributed by atoms with van der Waals surface area (Å²) in [6, 6.07) is 4.38. The van der Waals surface area contributed by atoms with Crippen LogP contribution in [0.3, 0.4) is 0 Å². The quantitative estimate of drug-likeness (QED) is 0.222. The van der Waals surface area contributed by atoms with E-state index in [9.17, 15) is 24.2 Å². The number of halogens is 1. The summed E-state index contributed by atoms with van der Waals surface area (Å²) in [6.45, 7) is -0.0787. The summed E-state index contributed by atoms with van der Waals surface area (Å²) >= 11 is 0. The molecule has 9 nitrogen and oxygen atoms in total. The molecule has 3 aliphatic rings. The van der Waals surface area contributed by atoms with Crippen LogP contribution >= 0.6 is 0 Å². The molecule has 0 spiro atoms. The van der Waals surface area contributed by atoms with Crippen LogP contribution in [0, 0.1) is 23.6 Å². The number of amides is 2. The standard InChI is InChI=1S/C33H46FN3O6/c34-23-9-10-24(25(16-30(35)40)22(17-38)18-39)21(14-23)15-26-28-11-12-29(43-28)31(26)33-37-27(19-42-33)32(41)36-13-5-4-8-20-6-2-1-3-7-20/h9-10,14,19-20,22,25-26,28-29,31,38-39H,1-8,11-13,15-18H2,(H2,35,40)(H,36,41)/t25?,26-,28+,29+,31-/m0/s1. The van der Waals surface area contributed by atoms with Gasteiger partial charge >= 0.3 is 0 Å². The summed E-state index contributed by atoms with van der Waals surface area (Å²) in [7, 11) is 0. The Labute approximate surface area is 252 Å². The average Bonchev–Trinajstić information content (AvgIpc) is 3.75. The Morgan fingerprint density at radius 1 is 1.07 bits per heavy atom. The molecular weight excluding hydrogens is 553 g/mol. The van der Waals surface area contributed by atoms with Gasteiger partial charge in [0.25, 0.3) is 5.91 Å². The van der Waals surface area contributed by atoms with Gasteiger partial charge in [-0.05, 0) is 54.9 Å². The maximum Gasteiger partial charge on any atom is 0.273 e. The first-order valence-corrected chi connectivity index (χ1v) is 16.0. The van der Waals surface area contributed by atoms with Crippen molar-refractivity contribution in [3.05, 3.63) is 53.0 Å². The van der Waals surface area contributed by atoms with Crippen molar-refractivity contribution in [1.29, 1.82) is 0 Å². The van der Waals surface area contributed by atoms with Crippen LogP contribution in [0.2, 0.25) is 0 Å². The molecule has 2 amide bonds. The van der Waals surface area contributed by atoms with E-state index < -0.39 is 23.6 Å². The molecule has 0 radical (unpaired) electrons. The zero-order valence-corrected chi connectivity index (χ0v) is 24.9. The van der Waals surface area contributed by atoms with Gasteiger partial charge in [-0.25, -0.2) is 9.37 Å². The molecule has 2 bridgehead atoms. The minimum Gasteiger partial charge on any atom is -0.448 e. The molecule has 1 aromatic heterocycles. The molecule has 43 heavy (non-hydrogen) atoms. The number of hydrogen-bond donors (Lipinski definition) is 4. The van der Waals surface area contributed by atoms with Gasteiger partial charge in [-0.1, -0.05) is 51.0 Å². The minimum absolute atomic E-state index is 0.0828. The van der Waals surface area contributed by atoms with Crippen LogP contribution in [0.25, 0.3) is 0 Å². The molecule has 236 valence electrons. The minimum atomic E-state index is -0.621. The van der Waals surface area contributed by atoms with Crippen LogP contribution < -0.4 is 11.1 Å². The van der Waals surface area contributed by atoms with Crippen molar-refractivity contribution in [2.75, 3.05) is 19.8 Å². The van der Waals surface area contributed by atoms with Crippen molar-refractivity contribution in [2.45, 2.75) is 101 Å². The van der Waals surface area contributed by atoms with Crippen LogP contribution in [-0.2, 0) is 16.0 Å². The average molecular weight is 600 g/mol. The first-order valence-electron chi connectivity index (χ1n) is 16.0. The monoisotopic (exact) mass is 599 g/mol. The third-order valence-electron chi connectivity index (χ3n) is 9.93. The second kappa shape index (κ2) is 14.8. The smallest absolute Gasteiger partial charge is 0.273 e. The van der Waals surface area contributed by atoms with Gasteiger partial charge in [-0.3, -0.25) is 9.59 Å². The number of unbranched alkanes of at least 4 members (excludes halogenated alkanes) is 1. The summed E-state index contributed by atoms with van der Waals surface area (Å²) in [6.07, 6.45) is 13.2. The highest BCUT2D eigenvalue weighted by Crippen LogP contribution is 2.50. The second-order valence-electron chi connectivity index (χ2n) is 12.8. The summed E-state index contributed by atoms with van der Waals surface area (Å²) in [4.78, 5) is 29.4. The van der Waals surface area contributed by atoms with Gasteiger partial charge in [0.2, 0.25) is 11.8 Å². The van der Waals surface area contributed by atoms with Gasteiger partial charge < -0.3 is 30.4 Å². The van der Waals surface area contributed by atoms with Gasteiger partial charge in [0.15, 0.2) is 5.69 Å². The number of aliphatic hydroxyl groups excluding tert-OH is 2. The summed E-state index contributed by atoms with van der Waals surface area (Å²) in [5, 5.41) is 22.8. The maximum atomic E-state index is 14.6. The predicted molar refractivity (Wildman–Crippen MR) is 158 cm³/mol. The number of nitrogens with two attached hydrogens (primary N) is 1. The van der Waals surface area contributed by atoms with Crippen molar-refractivity contribution >= 4 is 11.8 Å². The Morgan fingerprint density at radius 3 is 2.58 bits per heavy atom. The second-order valence-corrected chi connectivity index (χ2v) is 12.8. The van der Waals surface area contributed by atoms with Crippen molar-refractivity contribution in [1.82, 2.24) is 10.3 Å². The van der Waals surface area contributed by atoms with Gasteiger partial charge in [0.05, 0.1) is 18.1 Å². The van der Waals surface area contributed by atoms with E-state index in [1.807, 2.05) is 0 Å². The zero-order chi connectivity index (χ0) is 30.3. The summed E-state index contributed by atoms with van der Waals surface area (Å²) in [5.41, 5.74) is 7.10. The maximum absolute atomic E-state index is 14.6. The van der Waals surface area contributed by atoms with E-state index in [-0.39, 0.29) is 55.3 Å². The number of hydrogen-bond acceptors (Lipinski definition) is 7. The van der Waals surface area contributed by atoms with E-state index >= 15 is 0 Å². The predicted octanol–water partition coefficient (Wildman–Crippen LogP) is 4.36. The lowest BCUT2D eigenvalue weighted by molar-refractivity contribution is -0.118. The van der Waals surface area contributed by atoms with Crippen LogP contribution in [0.5, 0.6) is 0 Å². The zero-order valence-electron chi connectivity index (χ0n) is 24.9. The number of nitrogens with zero attached hydrogens (tertiary/aromatic N) is 1. The fourth-order valence-corrected chi connectivity index (χ4v) is 7.67. The fraction of sp³-hybridized carbons (Fsp3) is 0.667. The SMILES string of the molecule is NC(=O)CC(c1ccc(F)cc1C[C@@H]1[C@H](c2nc(C(=O)NCCCCC3CCCCC3)co2)[C@H]2CC[C@H]1O2)C(CO)CO. The molecule has 1 aliphatic carbocycles. The number of fused-ring (bicyclic) bond motifs is 2. The van der Waals surface area contributed by atoms with Crippen LogP contribution in [-0.4, -0.2) is 59.0 Å². The van der Waals surface area contributed by atoms with Gasteiger partial charge in [-0.2, -0.15) is 0 Å².